The first-order valence-corrected chi connectivity index (χ1v) is 24.3. The monoisotopic (exact) mass is 763 g/mol. The third kappa shape index (κ3) is 42.7. The van der Waals surface area contributed by atoms with E-state index in [-0.39, 0.29) is 19.3 Å². The van der Waals surface area contributed by atoms with E-state index < -0.39 is 7.82 Å². The summed E-state index contributed by atoms with van der Waals surface area (Å²) in [6, 6.07) is 0. The summed E-state index contributed by atoms with van der Waals surface area (Å²) in [5.41, 5.74) is 0. The molecule has 0 aromatic heterocycles. The molecule has 2 unspecified atom stereocenters. The van der Waals surface area contributed by atoms with Gasteiger partial charge in [0.15, 0.2) is 0 Å². The fourth-order valence-electron chi connectivity index (χ4n) is 6.77. The lowest BCUT2D eigenvalue weighted by Gasteiger charge is -2.24. The van der Waals surface area contributed by atoms with Crippen LogP contribution in [-0.4, -0.2) is 76.2 Å². The topological polar surface area (TPSA) is 74.2 Å². The summed E-state index contributed by atoms with van der Waals surface area (Å²) in [5, 5.41) is 0. The summed E-state index contributed by atoms with van der Waals surface area (Å²) in [6.45, 7) is 7.31. The highest BCUT2D eigenvalue weighted by Crippen LogP contribution is 2.43. The molecule has 0 aliphatic heterocycles. The van der Waals surface area contributed by atoms with Crippen molar-refractivity contribution in [2.45, 2.75) is 225 Å². The summed E-state index contributed by atoms with van der Waals surface area (Å²) in [6.07, 6.45) is 41.9. The van der Waals surface area contributed by atoms with Gasteiger partial charge >= 0.3 is 7.82 Å². The molecule has 0 heterocycles. The normalized spacial score (nSPS) is 13.9. The molecule has 8 heteroatoms. The molecule has 0 aliphatic rings. The van der Waals surface area contributed by atoms with E-state index in [1.165, 1.54) is 180 Å². The van der Waals surface area contributed by atoms with Gasteiger partial charge in [-0.15, -0.1) is 0 Å². The predicted molar refractivity (Wildman–Crippen MR) is 224 cm³/mol. The van der Waals surface area contributed by atoms with Crippen molar-refractivity contribution in [2.75, 3.05) is 60.7 Å². The molecule has 0 aromatic rings. The van der Waals surface area contributed by atoms with Crippen LogP contribution in [0.3, 0.4) is 0 Å². The highest BCUT2D eigenvalue weighted by Gasteiger charge is 2.24. The van der Waals surface area contributed by atoms with E-state index >= 15 is 0 Å². The van der Waals surface area contributed by atoms with Gasteiger partial charge in [0.1, 0.15) is 6.10 Å². The second-order valence-electron chi connectivity index (χ2n) is 16.8. The minimum atomic E-state index is -4.13. The van der Waals surface area contributed by atoms with Crippen LogP contribution in [0.1, 0.15) is 219 Å². The zero-order chi connectivity index (χ0) is 38.3. The Morgan fingerprint density at radius 1 is 0.442 bits per heavy atom. The predicted octanol–water partition coefficient (Wildman–Crippen LogP) is 13.8. The van der Waals surface area contributed by atoms with Crippen LogP contribution in [0.2, 0.25) is 0 Å². The SMILES string of the molecule is CCCCCCCCCCCCCCCCCCOC(COCCCCCCCCCCCCCCCCC)COP(=O)(O)OCCC[N+](C)(C)C. The Labute approximate surface area is 325 Å². The van der Waals surface area contributed by atoms with Crippen LogP contribution < -0.4 is 0 Å². The zero-order valence-corrected chi connectivity index (χ0v) is 36.7. The van der Waals surface area contributed by atoms with Gasteiger partial charge in [-0.2, -0.15) is 0 Å². The van der Waals surface area contributed by atoms with Crippen molar-refractivity contribution < 1.29 is 32.5 Å². The molecule has 0 bridgehead atoms. The molecule has 2 atom stereocenters. The van der Waals surface area contributed by atoms with Gasteiger partial charge in [-0.25, -0.2) is 4.57 Å². The number of hydrogen-bond donors (Lipinski definition) is 1. The van der Waals surface area contributed by atoms with Crippen LogP contribution in [0.5, 0.6) is 0 Å². The van der Waals surface area contributed by atoms with Crippen LogP contribution in [0, 0.1) is 0 Å². The average Bonchev–Trinajstić information content (AvgIpc) is 3.11. The summed E-state index contributed by atoms with van der Waals surface area (Å²) in [5.74, 6) is 0. The molecule has 314 valence electrons. The first-order valence-electron chi connectivity index (χ1n) is 22.8. The summed E-state index contributed by atoms with van der Waals surface area (Å²) in [4.78, 5) is 10.2. The number of nitrogens with zero attached hydrogens (tertiary/aromatic N) is 1. The molecule has 0 saturated carbocycles. The van der Waals surface area contributed by atoms with Crippen molar-refractivity contribution in [3.63, 3.8) is 0 Å². The van der Waals surface area contributed by atoms with Crippen LogP contribution >= 0.6 is 7.82 Å². The lowest BCUT2D eigenvalue weighted by Crippen LogP contribution is -2.35. The molecule has 1 N–H and O–H groups in total. The van der Waals surface area contributed by atoms with Crippen molar-refractivity contribution >= 4 is 7.82 Å². The quantitative estimate of drug-likeness (QED) is 0.0378. The second kappa shape index (κ2) is 39.2. The van der Waals surface area contributed by atoms with Crippen molar-refractivity contribution in [1.82, 2.24) is 0 Å². The van der Waals surface area contributed by atoms with E-state index in [9.17, 15) is 9.46 Å². The van der Waals surface area contributed by atoms with Gasteiger partial charge < -0.3 is 18.9 Å². The maximum absolute atomic E-state index is 12.5. The third-order valence-corrected chi connectivity index (χ3v) is 11.2. The third-order valence-electron chi connectivity index (χ3n) is 10.2. The van der Waals surface area contributed by atoms with E-state index in [0.29, 0.717) is 26.2 Å². The van der Waals surface area contributed by atoms with Gasteiger partial charge in [0.2, 0.25) is 0 Å². The minimum Gasteiger partial charge on any atom is -0.379 e. The number of unbranched alkanes of at least 4 members (excludes halogenated alkanes) is 29. The molecule has 0 spiro atoms. The Hall–Kier alpha value is -0.0100. The number of hydrogen-bond acceptors (Lipinski definition) is 5. The van der Waals surface area contributed by atoms with Crippen LogP contribution in [0.25, 0.3) is 0 Å². The lowest BCUT2D eigenvalue weighted by molar-refractivity contribution is -0.870. The van der Waals surface area contributed by atoms with Crippen LogP contribution in [0.15, 0.2) is 0 Å². The molecule has 0 radical (unpaired) electrons. The van der Waals surface area contributed by atoms with Crippen molar-refractivity contribution in [3.8, 4) is 0 Å². The lowest BCUT2D eigenvalue weighted by atomic mass is 10.0. The van der Waals surface area contributed by atoms with Gasteiger partial charge in [-0.1, -0.05) is 200 Å². The van der Waals surface area contributed by atoms with Crippen molar-refractivity contribution in [2.24, 2.45) is 0 Å². The number of quaternary nitrogens is 1. The smallest absolute Gasteiger partial charge is 0.379 e. The first-order chi connectivity index (χ1) is 25.2. The summed E-state index contributed by atoms with van der Waals surface area (Å²) >= 11 is 0. The molecule has 0 saturated heterocycles. The molecule has 0 aliphatic carbocycles. The Kier molecular flexibility index (Phi) is 39.2. The molecular weight excluding hydrogens is 669 g/mol. The molecule has 52 heavy (non-hydrogen) atoms. The zero-order valence-electron chi connectivity index (χ0n) is 35.8. The van der Waals surface area contributed by atoms with E-state index in [0.717, 1.165) is 30.3 Å². The van der Waals surface area contributed by atoms with Crippen LogP contribution in [-0.2, 0) is 23.1 Å². The molecular formula is C44H93NO6P+. The van der Waals surface area contributed by atoms with E-state index in [1.807, 2.05) is 0 Å². The van der Waals surface area contributed by atoms with Gasteiger partial charge in [-0.05, 0) is 12.8 Å². The van der Waals surface area contributed by atoms with E-state index in [4.69, 9.17) is 18.5 Å². The fraction of sp³-hybridized carbons (Fsp3) is 1.00. The number of phosphoric ester groups is 1. The summed E-state index contributed by atoms with van der Waals surface area (Å²) < 4.78 is 36.0. The Morgan fingerprint density at radius 2 is 0.788 bits per heavy atom. The van der Waals surface area contributed by atoms with E-state index in [1.54, 1.807) is 0 Å². The van der Waals surface area contributed by atoms with Crippen molar-refractivity contribution in [3.05, 3.63) is 0 Å². The van der Waals surface area contributed by atoms with Gasteiger partial charge in [0, 0.05) is 19.6 Å². The fourth-order valence-corrected chi connectivity index (χ4v) is 7.56. The highest BCUT2D eigenvalue weighted by atomic mass is 31.2. The highest BCUT2D eigenvalue weighted by molar-refractivity contribution is 7.47. The number of ether oxygens (including phenoxy) is 2. The Bertz CT molecular complexity index is 711. The molecule has 0 amide bonds. The van der Waals surface area contributed by atoms with Gasteiger partial charge in [0.25, 0.3) is 0 Å². The van der Waals surface area contributed by atoms with Gasteiger partial charge in [0.05, 0.1) is 47.5 Å². The number of rotatable bonds is 44. The van der Waals surface area contributed by atoms with Crippen LogP contribution in [0.4, 0.5) is 0 Å². The molecule has 0 fully saturated rings. The van der Waals surface area contributed by atoms with E-state index in [2.05, 4.69) is 35.0 Å². The Morgan fingerprint density at radius 3 is 1.15 bits per heavy atom. The first kappa shape index (κ1) is 52.0. The minimum absolute atomic E-state index is 0.000819. The maximum atomic E-state index is 12.5. The largest absolute Gasteiger partial charge is 0.472 e. The average molecular weight is 763 g/mol. The van der Waals surface area contributed by atoms with Crippen molar-refractivity contribution in [1.29, 1.82) is 0 Å². The molecule has 0 rings (SSSR count). The molecule has 7 nitrogen and oxygen atoms in total. The second-order valence-corrected chi connectivity index (χ2v) is 18.2. The standard InChI is InChI=1S/C44H92NO6P/c1-6-8-10-12-14-16-18-20-22-24-26-28-30-32-34-36-40-49-44(43-51-52(46,47)50-41-37-38-45(3,4)5)42-48-39-35-33-31-29-27-25-23-21-19-17-15-13-11-9-7-2/h44H,6-43H2,1-5H3/p+1. The Balaban J connectivity index is 4.08. The number of phosphoric acid groups is 1. The molecule has 0 aromatic carbocycles. The van der Waals surface area contributed by atoms with Gasteiger partial charge in [-0.3, -0.25) is 9.05 Å². The summed E-state index contributed by atoms with van der Waals surface area (Å²) in [7, 11) is 2.15. The maximum Gasteiger partial charge on any atom is 0.472 e.